The van der Waals surface area contributed by atoms with E-state index in [4.69, 9.17) is 21.2 Å². The Morgan fingerprint density at radius 1 is 1.45 bits per heavy atom. The van der Waals surface area contributed by atoms with Crippen molar-refractivity contribution in [2.45, 2.75) is 6.42 Å². The summed E-state index contributed by atoms with van der Waals surface area (Å²) < 4.78 is 5.24. The molecule has 1 aromatic carbocycles. The molecule has 1 fully saturated rings. The number of carbonyl (C=O) groups is 1. The Morgan fingerprint density at radius 2 is 2.25 bits per heavy atom. The van der Waals surface area contributed by atoms with Gasteiger partial charge in [-0.25, -0.2) is 0 Å². The van der Waals surface area contributed by atoms with E-state index in [1.807, 2.05) is 18.2 Å². The quantitative estimate of drug-likeness (QED) is 0.943. The molecule has 1 amide bonds. The fraction of sp³-hybridized carbons (Fsp3) is 0.286. The van der Waals surface area contributed by atoms with Gasteiger partial charge in [0.25, 0.3) is 0 Å². The molecule has 1 aliphatic heterocycles. The first-order chi connectivity index (χ1) is 9.69. The zero-order valence-electron chi connectivity index (χ0n) is 10.6. The van der Waals surface area contributed by atoms with Crippen molar-refractivity contribution in [1.82, 2.24) is 5.16 Å². The van der Waals surface area contributed by atoms with Crippen LogP contribution < -0.4 is 4.90 Å². The molecule has 3 rings (SSSR count). The number of anilines is 1. The average Bonchev–Trinajstić information content (AvgIpc) is 3.05. The summed E-state index contributed by atoms with van der Waals surface area (Å²) in [6.45, 7) is 0.445. The second-order valence-corrected chi connectivity index (χ2v) is 5.19. The van der Waals surface area contributed by atoms with Crippen LogP contribution in [0.5, 0.6) is 0 Å². The lowest BCUT2D eigenvalue weighted by Crippen LogP contribution is -2.24. The molecule has 1 aliphatic rings. The predicted molar refractivity (Wildman–Crippen MR) is 74.5 cm³/mol. The standard InChI is InChI=1S/C14H13ClN2O3/c15-11-4-2-1-3-10(11)12-6-14(20-16-12)17-7-9(8-18)5-13(17)19/h1-4,6,9,18H,5,7-8H2. The molecule has 104 valence electrons. The van der Waals surface area contributed by atoms with Crippen molar-refractivity contribution in [1.29, 1.82) is 0 Å². The van der Waals surface area contributed by atoms with Crippen LogP contribution in [0.25, 0.3) is 11.3 Å². The number of benzene rings is 1. The molecule has 0 aliphatic carbocycles. The maximum absolute atomic E-state index is 11.9. The van der Waals surface area contributed by atoms with Crippen molar-refractivity contribution in [3.8, 4) is 11.3 Å². The van der Waals surface area contributed by atoms with Crippen LogP contribution in [0, 0.1) is 5.92 Å². The van der Waals surface area contributed by atoms with Gasteiger partial charge in [-0.1, -0.05) is 35.0 Å². The molecule has 0 saturated carbocycles. The normalized spacial score (nSPS) is 18.8. The molecule has 2 aromatic rings. The topological polar surface area (TPSA) is 66.6 Å². The molecule has 2 heterocycles. The lowest BCUT2D eigenvalue weighted by molar-refractivity contribution is -0.117. The van der Waals surface area contributed by atoms with Crippen LogP contribution in [-0.4, -0.2) is 29.3 Å². The van der Waals surface area contributed by atoms with Crippen LogP contribution in [0.3, 0.4) is 0 Å². The van der Waals surface area contributed by atoms with Gasteiger partial charge in [-0.3, -0.25) is 9.69 Å². The smallest absolute Gasteiger partial charge is 0.234 e. The Bertz CT molecular complexity index is 641. The molecule has 0 radical (unpaired) electrons. The van der Waals surface area contributed by atoms with Crippen LogP contribution in [0.2, 0.25) is 5.02 Å². The van der Waals surface area contributed by atoms with Gasteiger partial charge in [-0.05, 0) is 6.07 Å². The van der Waals surface area contributed by atoms with Crippen molar-refractivity contribution in [3.05, 3.63) is 35.4 Å². The van der Waals surface area contributed by atoms with Crippen LogP contribution in [0.4, 0.5) is 5.88 Å². The molecule has 0 spiro atoms. The lowest BCUT2D eigenvalue weighted by Gasteiger charge is -2.10. The van der Waals surface area contributed by atoms with E-state index in [-0.39, 0.29) is 18.4 Å². The minimum absolute atomic E-state index is 0.00620. The van der Waals surface area contributed by atoms with Gasteiger partial charge < -0.3 is 9.63 Å². The van der Waals surface area contributed by atoms with Crippen LogP contribution >= 0.6 is 11.6 Å². The minimum Gasteiger partial charge on any atom is -0.396 e. The van der Waals surface area contributed by atoms with Crippen molar-refractivity contribution >= 4 is 23.4 Å². The molecular formula is C14H13ClN2O3. The highest BCUT2D eigenvalue weighted by molar-refractivity contribution is 6.33. The third-order valence-electron chi connectivity index (χ3n) is 3.38. The van der Waals surface area contributed by atoms with Gasteiger partial charge in [0.15, 0.2) is 0 Å². The van der Waals surface area contributed by atoms with Gasteiger partial charge in [0.2, 0.25) is 11.8 Å². The second-order valence-electron chi connectivity index (χ2n) is 4.79. The highest BCUT2D eigenvalue weighted by atomic mass is 35.5. The number of carbonyl (C=O) groups excluding carboxylic acids is 1. The molecule has 20 heavy (non-hydrogen) atoms. The van der Waals surface area contributed by atoms with Crippen molar-refractivity contribution in [2.75, 3.05) is 18.1 Å². The summed E-state index contributed by atoms with van der Waals surface area (Å²) in [5, 5.41) is 13.7. The summed E-state index contributed by atoms with van der Waals surface area (Å²) in [4.78, 5) is 13.4. The molecule has 5 nitrogen and oxygen atoms in total. The predicted octanol–water partition coefficient (Wildman–Crippen LogP) is 2.34. The molecule has 1 unspecified atom stereocenters. The zero-order valence-corrected chi connectivity index (χ0v) is 11.4. The number of amides is 1. The van der Waals surface area contributed by atoms with Gasteiger partial charge >= 0.3 is 0 Å². The number of halogens is 1. The Balaban J connectivity index is 1.88. The maximum atomic E-state index is 11.9. The Labute approximate surface area is 120 Å². The van der Waals surface area contributed by atoms with E-state index >= 15 is 0 Å². The number of aliphatic hydroxyl groups is 1. The van der Waals surface area contributed by atoms with Crippen molar-refractivity contribution < 1.29 is 14.4 Å². The third-order valence-corrected chi connectivity index (χ3v) is 3.71. The van der Waals surface area contributed by atoms with Crippen LogP contribution in [-0.2, 0) is 4.79 Å². The lowest BCUT2D eigenvalue weighted by atomic mass is 10.1. The van der Waals surface area contributed by atoms with E-state index in [1.165, 1.54) is 4.90 Å². The van der Waals surface area contributed by atoms with E-state index in [9.17, 15) is 4.79 Å². The maximum Gasteiger partial charge on any atom is 0.234 e. The van der Waals surface area contributed by atoms with E-state index < -0.39 is 0 Å². The molecule has 1 aromatic heterocycles. The number of rotatable bonds is 3. The largest absolute Gasteiger partial charge is 0.396 e. The summed E-state index contributed by atoms with van der Waals surface area (Å²) in [7, 11) is 0. The van der Waals surface area contributed by atoms with Gasteiger partial charge in [0.1, 0.15) is 5.69 Å². The molecule has 1 atom stereocenters. The summed E-state index contributed by atoms with van der Waals surface area (Å²) in [5.41, 5.74) is 1.35. The SMILES string of the molecule is O=C1CC(CO)CN1c1cc(-c2ccccc2Cl)no1. The summed E-state index contributed by atoms with van der Waals surface area (Å²) in [5.74, 6) is 0.281. The summed E-state index contributed by atoms with van der Waals surface area (Å²) in [6, 6.07) is 9.00. The van der Waals surface area contributed by atoms with Gasteiger partial charge in [-0.15, -0.1) is 0 Å². The Kier molecular flexibility index (Phi) is 3.46. The van der Waals surface area contributed by atoms with Gasteiger partial charge in [-0.2, -0.15) is 0 Å². The fourth-order valence-corrected chi connectivity index (χ4v) is 2.54. The molecule has 0 bridgehead atoms. The Morgan fingerprint density at radius 3 is 2.95 bits per heavy atom. The fourth-order valence-electron chi connectivity index (χ4n) is 2.31. The number of aromatic nitrogens is 1. The highest BCUT2D eigenvalue weighted by Gasteiger charge is 2.32. The summed E-state index contributed by atoms with van der Waals surface area (Å²) >= 11 is 6.11. The second kappa shape index (κ2) is 5.26. The molecule has 1 saturated heterocycles. The molecular weight excluding hydrogens is 280 g/mol. The molecule has 6 heteroatoms. The number of hydrogen-bond donors (Lipinski definition) is 1. The first kappa shape index (κ1) is 13.1. The Hall–Kier alpha value is -1.85. The van der Waals surface area contributed by atoms with Crippen LogP contribution in [0.15, 0.2) is 34.9 Å². The average molecular weight is 293 g/mol. The minimum atomic E-state index is -0.0640. The summed E-state index contributed by atoms with van der Waals surface area (Å²) in [6.07, 6.45) is 0.332. The zero-order chi connectivity index (χ0) is 14.1. The van der Waals surface area contributed by atoms with Crippen molar-refractivity contribution in [3.63, 3.8) is 0 Å². The number of nitrogens with zero attached hydrogens (tertiary/aromatic N) is 2. The first-order valence-electron chi connectivity index (χ1n) is 6.32. The molecule has 1 N–H and O–H groups in total. The van der Waals surface area contributed by atoms with E-state index in [2.05, 4.69) is 5.16 Å². The van der Waals surface area contributed by atoms with E-state index in [0.717, 1.165) is 5.56 Å². The van der Waals surface area contributed by atoms with E-state index in [0.29, 0.717) is 29.6 Å². The van der Waals surface area contributed by atoms with Crippen LogP contribution in [0.1, 0.15) is 6.42 Å². The first-order valence-corrected chi connectivity index (χ1v) is 6.69. The monoisotopic (exact) mass is 292 g/mol. The van der Waals surface area contributed by atoms with Crippen molar-refractivity contribution in [2.24, 2.45) is 5.92 Å². The van der Waals surface area contributed by atoms with Gasteiger partial charge in [0, 0.05) is 37.1 Å². The van der Waals surface area contributed by atoms with Gasteiger partial charge in [0.05, 0.1) is 5.02 Å². The highest BCUT2D eigenvalue weighted by Crippen LogP contribution is 2.31. The number of aliphatic hydroxyl groups excluding tert-OH is 1. The van der Waals surface area contributed by atoms with E-state index in [1.54, 1.807) is 12.1 Å². The third kappa shape index (κ3) is 2.30. The number of hydrogen-bond acceptors (Lipinski definition) is 4.